The molecule has 0 bridgehead atoms. The summed E-state index contributed by atoms with van der Waals surface area (Å²) in [5.41, 5.74) is 0. The molecule has 0 saturated heterocycles. The molecule has 0 unspecified atom stereocenters. The second-order valence-electron chi connectivity index (χ2n) is 11.7. The first-order chi connectivity index (χ1) is 19.3. The van der Waals surface area contributed by atoms with Gasteiger partial charge < -0.3 is 24.6 Å². The molecule has 0 heterocycles. The van der Waals surface area contributed by atoms with Crippen LogP contribution < -0.4 is 5.11 Å². The molecule has 0 aliphatic rings. The molecule has 7 heteroatoms. The molecule has 0 aliphatic carbocycles. The number of carbonyl (C=O) groups excluding carboxylic acids is 1. The van der Waals surface area contributed by atoms with Gasteiger partial charge in [-0.15, -0.1) is 0 Å². The van der Waals surface area contributed by atoms with Gasteiger partial charge in [0, 0.05) is 18.8 Å². The highest BCUT2D eigenvalue weighted by Gasteiger charge is 2.26. The Kier molecular flexibility index (Phi) is 26.0. The molecular formula is C33H61NO6. The molecule has 7 nitrogen and oxygen atoms in total. The second kappa shape index (κ2) is 27.3. The smallest absolute Gasteiger partial charge is 0.303 e. The number of rotatable bonds is 31. The average molecular weight is 568 g/mol. The van der Waals surface area contributed by atoms with E-state index >= 15 is 0 Å². The zero-order valence-electron chi connectivity index (χ0n) is 25.7. The molecule has 40 heavy (non-hydrogen) atoms. The van der Waals surface area contributed by atoms with Gasteiger partial charge in [0.25, 0.3) is 0 Å². The highest BCUT2D eigenvalue weighted by Crippen LogP contribution is 2.20. The lowest BCUT2D eigenvalue weighted by atomic mass is 10.0. The van der Waals surface area contributed by atoms with Gasteiger partial charge in [-0.25, -0.2) is 0 Å². The number of hydrogen-bond acceptors (Lipinski definition) is 4. The summed E-state index contributed by atoms with van der Waals surface area (Å²) in [5, 5.41) is 28.9. The summed E-state index contributed by atoms with van der Waals surface area (Å²) in [7, 11) is 0. The third-order valence-electron chi connectivity index (χ3n) is 7.97. The van der Waals surface area contributed by atoms with Crippen molar-refractivity contribution in [1.82, 2.24) is 0 Å². The lowest BCUT2D eigenvalue weighted by Gasteiger charge is -2.39. The van der Waals surface area contributed by atoms with Gasteiger partial charge in [0.1, 0.15) is 0 Å². The Morgan fingerprint density at radius 2 is 0.875 bits per heavy atom. The molecule has 0 saturated carbocycles. The molecular weight excluding hydrogens is 506 g/mol. The minimum Gasteiger partial charge on any atom is -0.550 e. The Hall–Kier alpha value is -1.89. The molecule has 0 fully saturated rings. The maximum absolute atomic E-state index is 11.0. The van der Waals surface area contributed by atoms with Gasteiger partial charge in [-0.05, 0) is 77.0 Å². The predicted molar refractivity (Wildman–Crippen MR) is 161 cm³/mol. The third-order valence-corrected chi connectivity index (χ3v) is 7.97. The van der Waals surface area contributed by atoms with E-state index in [1.165, 1.54) is 77.0 Å². The average Bonchev–Trinajstić information content (AvgIpc) is 2.91. The predicted octanol–water partition coefficient (Wildman–Crippen LogP) is 7.27. The maximum atomic E-state index is 11.0. The lowest BCUT2D eigenvalue weighted by molar-refractivity contribution is -0.929. The highest BCUT2D eigenvalue weighted by atomic mass is 16.4. The molecule has 2 N–H and O–H groups in total. The number of nitrogens with zero attached hydrogens (tertiary/aromatic N) is 1. The summed E-state index contributed by atoms with van der Waals surface area (Å²) in [4.78, 5) is 32.9. The van der Waals surface area contributed by atoms with Gasteiger partial charge in [0.15, 0.2) is 0 Å². The van der Waals surface area contributed by atoms with E-state index in [-0.39, 0.29) is 19.3 Å². The lowest BCUT2D eigenvalue weighted by Crippen LogP contribution is -2.51. The summed E-state index contributed by atoms with van der Waals surface area (Å²) < 4.78 is 0.848. The van der Waals surface area contributed by atoms with Gasteiger partial charge in [-0.2, -0.15) is 0 Å². The van der Waals surface area contributed by atoms with Crippen molar-refractivity contribution in [1.29, 1.82) is 0 Å². The van der Waals surface area contributed by atoms with Crippen LogP contribution in [0.25, 0.3) is 0 Å². The van der Waals surface area contributed by atoms with Crippen LogP contribution >= 0.6 is 0 Å². The van der Waals surface area contributed by atoms with Crippen LogP contribution in [0.1, 0.15) is 155 Å². The van der Waals surface area contributed by atoms with Crippen molar-refractivity contribution >= 4 is 17.9 Å². The fourth-order valence-corrected chi connectivity index (χ4v) is 5.60. The van der Waals surface area contributed by atoms with Crippen LogP contribution in [0.2, 0.25) is 0 Å². The molecule has 0 rings (SSSR count). The van der Waals surface area contributed by atoms with E-state index in [0.29, 0.717) is 19.3 Å². The fourth-order valence-electron chi connectivity index (χ4n) is 5.60. The van der Waals surface area contributed by atoms with Crippen molar-refractivity contribution in [2.75, 3.05) is 26.2 Å². The largest absolute Gasteiger partial charge is 0.550 e. The van der Waals surface area contributed by atoms with Gasteiger partial charge in [-0.3, -0.25) is 9.59 Å². The summed E-state index contributed by atoms with van der Waals surface area (Å²) in [5.74, 6) is -2.57. The Bertz CT molecular complexity index is 608. The second-order valence-corrected chi connectivity index (χ2v) is 11.7. The molecule has 234 valence electrons. The monoisotopic (exact) mass is 567 g/mol. The van der Waals surface area contributed by atoms with Crippen LogP contribution in [0.4, 0.5) is 0 Å². The summed E-state index contributed by atoms with van der Waals surface area (Å²) >= 11 is 0. The normalized spacial score (nSPS) is 11.8. The van der Waals surface area contributed by atoms with Crippen LogP contribution in [0, 0.1) is 0 Å². The number of carbonyl (C=O) groups is 3. The Balaban J connectivity index is 4.41. The highest BCUT2D eigenvalue weighted by molar-refractivity contribution is 5.66. The molecule has 0 spiro atoms. The van der Waals surface area contributed by atoms with E-state index in [4.69, 9.17) is 10.2 Å². The summed E-state index contributed by atoms with van der Waals surface area (Å²) in [6.45, 7) is 5.80. The molecule has 0 atom stereocenters. The van der Waals surface area contributed by atoms with Gasteiger partial charge in [0.05, 0.1) is 26.2 Å². The van der Waals surface area contributed by atoms with E-state index in [1.54, 1.807) is 0 Å². The molecule has 0 aliphatic heterocycles. The Morgan fingerprint density at radius 1 is 0.525 bits per heavy atom. The van der Waals surface area contributed by atoms with Crippen LogP contribution in [-0.2, 0) is 14.4 Å². The zero-order chi connectivity index (χ0) is 29.7. The molecule has 0 aromatic carbocycles. The van der Waals surface area contributed by atoms with Crippen LogP contribution in [0.15, 0.2) is 12.2 Å². The van der Waals surface area contributed by atoms with Gasteiger partial charge in [-0.1, -0.05) is 76.9 Å². The summed E-state index contributed by atoms with van der Waals surface area (Å²) in [6, 6.07) is 0. The molecule has 0 aromatic heterocycles. The zero-order valence-corrected chi connectivity index (χ0v) is 25.7. The number of carboxylic acid groups (broad SMARTS) is 3. The minimum atomic E-state index is -1.02. The first-order valence-electron chi connectivity index (χ1n) is 16.4. The standard InChI is InChI=1S/C33H61NO6/c1-2-3-4-5-6-7-8-9-10-11-12-13-14-15-16-20-27-34(28-21-17-24-31(35)36,29-22-18-25-32(37)38)30-23-19-26-33(39)40/h3-4H,2,5-30H2,1H3,(H2-,35,36,37,38,39,40)/b4-3+. The Morgan fingerprint density at radius 3 is 1.25 bits per heavy atom. The number of quaternary nitrogens is 1. The van der Waals surface area contributed by atoms with Crippen molar-refractivity contribution in [2.24, 2.45) is 0 Å². The first kappa shape index (κ1) is 38.1. The first-order valence-corrected chi connectivity index (χ1v) is 16.4. The number of allylic oxidation sites excluding steroid dienone is 2. The van der Waals surface area contributed by atoms with Crippen molar-refractivity contribution in [3.63, 3.8) is 0 Å². The van der Waals surface area contributed by atoms with E-state index < -0.39 is 17.9 Å². The Labute approximate surface area is 245 Å². The van der Waals surface area contributed by atoms with Crippen molar-refractivity contribution in [2.45, 2.75) is 155 Å². The van der Waals surface area contributed by atoms with Crippen LogP contribution in [0.5, 0.6) is 0 Å². The van der Waals surface area contributed by atoms with Crippen LogP contribution in [0.3, 0.4) is 0 Å². The molecule has 0 amide bonds. The van der Waals surface area contributed by atoms with Crippen molar-refractivity contribution in [3.8, 4) is 0 Å². The van der Waals surface area contributed by atoms with E-state index in [0.717, 1.165) is 62.8 Å². The number of carboxylic acids is 3. The summed E-state index contributed by atoms with van der Waals surface area (Å²) in [6.07, 6.45) is 27.1. The molecule has 0 aromatic rings. The number of hydrogen-bond donors (Lipinski definition) is 2. The quantitative estimate of drug-likeness (QED) is 0.0517. The number of aliphatic carboxylic acids is 3. The van der Waals surface area contributed by atoms with Gasteiger partial charge >= 0.3 is 11.9 Å². The van der Waals surface area contributed by atoms with E-state index in [1.807, 2.05) is 0 Å². The fraction of sp³-hybridized carbons (Fsp3) is 0.848. The van der Waals surface area contributed by atoms with E-state index in [9.17, 15) is 19.5 Å². The topological polar surface area (TPSA) is 115 Å². The van der Waals surface area contributed by atoms with Crippen molar-refractivity contribution in [3.05, 3.63) is 12.2 Å². The van der Waals surface area contributed by atoms with Crippen LogP contribution in [-0.4, -0.2) is 58.8 Å². The van der Waals surface area contributed by atoms with Gasteiger partial charge in [0.2, 0.25) is 0 Å². The minimum absolute atomic E-state index is 0.0642. The van der Waals surface area contributed by atoms with Crippen molar-refractivity contribution < 1.29 is 34.2 Å². The SMILES string of the molecule is CC/C=C/CCCCCCCCCCCCCC[N+](CCCCC(=O)[O-])(CCCCC(=O)O)CCCCC(=O)O. The van der Waals surface area contributed by atoms with E-state index in [2.05, 4.69) is 19.1 Å². The maximum Gasteiger partial charge on any atom is 0.303 e. The third kappa shape index (κ3) is 26.3. The molecule has 0 radical (unpaired) electrons. The number of unbranched alkanes of at least 4 members (excludes halogenated alkanes) is 15.